The molecule has 0 unspecified atom stereocenters. The number of thiazole rings is 1. The van der Waals surface area contributed by atoms with E-state index in [1.165, 1.54) is 28.0 Å². The van der Waals surface area contributed by atoms with Crippen molar-refractivity contribution in [1.29, 1.82) is 0 Å². The molecule has 0 bridgehead atoms. The first-order valence-electron chi connectivity index (χ1n) is 10.6. The van der Waals surface area contributed by atoms with Gasteiger partial charge in [0.2, 0.25) is 0 Å². The van der Waals surface area contributed by atoms with E-state index < -0.39 is 0 Å². The van der Waals surface area contributed by atoms with Gasteiger partial charge in [-0.15, -0.1) is 0 Å². The van der Waals surface area contributed by atoms with Crippen LogP contribution < -0.4 is 14.9 Å². The Morgan fingerprint density at radius 2 is 1.69 bits per heavy atom. The summed E-state index contributed by atoms with van der Waals surface area (Å²) in [6.07, 6.45) is 3.79. The van der Waals surface area contributed by atoms with E-state index in [9.17, 15) is 4.79 Å². The average Bonchev–Trinajstić information content (AvgIpc) is 3.14. The van der Waals surface area contributed by atoms with Gasteiger partial charge in [0.05, 0.1) is 16.3 Å². The molecule has 0 amide bonds. The van der Waals surface area contributed by atoms with Gasteiger partial charge in [-0.1, -0.05) is 89.7 Å². The molecule has 156 valence electrons. The lowest BCUT2D eigenvalue weighted by atomic mass is 9.83. The molecule has 0 N–H and O–H groups in total. The Labute approximate surface area is 194 Å². The second kappa shape index (κ2) is 7.73. The molecule has 32 heavy (non-hydrogen) atoms. The van der Waals surface area contributed by atoms with Gasteiger partial charge in [-0.05, 0) is 53.3 Å². The zero-order chi connectivity index (χ0) is 21.7. The molecule has 6 rings (SSSR count). The zero-order valence-electron chi connectivity index (χ0n) is 17.2. The smallest absolute Gasteiger partial charge is 0.271 e. The molecule has 0 spiro atoms. The van der Waals surface area contributed by atoms with Gasteiger partial charge >= 0.3 is 0 Å². The van der Waals surface area contributed by atoms with Crippen LogP contribution in [0.1, 0.15) is 34.7 Å². The third-order valence-electron chi connectivity index (χ3n) is 6.16. The Bertz CT molecular complexity index is 1550. The Balaban J connectivity index is 1.62. The fraction of sp³-hybridized carbons (Fsp3) is 0.111. The van der Waals surface area contributed by atoms with Gasteiger partial charge in [-0.25, -0.2) is 4.99 Å². The van der Waals surface area contributed by atoms with Crippen molar-refractivity contribution < 1.29 is 0 Å². The fourth-order valence-electron chi connectivity index (χ4n) is 4.67. The largest absolute Gasteiger partial charge is 0.272 e. The van der Waals surface area contributed by atoms with Crippen LogP contribution in [0.2, 0.25) is 5.02 Å². The summed E-state index contributed by atoms with van der Waals surface area (Å²) in [7, 11) is 0. The Morgan fingerprint density at radius 3 is 2.50 bits per heavy atom. The van der Waals surface area contributed by atoms with Gasteiger partial charge < -0.3 is 0 Å². The molecule has 4 aromatic rings. The summed E-state index contributed by atoms with van der Waals surface area (Å²) in [5.41, 5.74) is 6.83. The van der Waals surface area contributed by atoms with Gasteiger partial charge in [0.25, 0.3) is 5.56 Å². The molecule has 0 fully saturated rings. The minimum absolute atomic E-state index is 0.00274. The topological polar surface area (TPSA) is 34.4 Å². The minimum atomic E-state index is -0.136. The number of hydrogen-bond donors (Lipinski definition) is 0. The quantitative estimate of drug-likeness (QED) is 0.421. The van der Waals surface area contributed by atoms with E-state index in [0.717, 1.165) is 34.5 Å². The second-order valence-electron chi connectivity index (χ2n) is 8.08. The summed E-state index contributed by atoms with van der Waals surface area (Å²) in [4.78, 5) is 19.4. The molecule has 2 heterocycles. The normalized spacial score (nSPS) is 17.4. The standard InChI is InChI=1S/C27H19ClN2OS/c28-20-13-10-17(11-14-20)16-23-26(31)30-25(19-7-2-1-3-8-19)22-15-12-18-6-4-5-9-21(18)24(22)29-27(30)32-23/h1-11,13-14,16,25H,12,15H2/b23-16+/t25-/m0/s1. The summed E-state index contributed by atoms with van der Waals surface area (Å²) < 4.78 is 2.56. The van der Waals surface area contributed by atoms with Crippen LogP contribution in [0.5, 0.6) is 0 Å². The van der Waals surface area contributed by atoms with E-state index in [0.29, 0.717) is 9.55 Å². The van der Waals surface area contributed by atoms with Crippen molar-refractivity contribution in [3.8, 4) is 0 Å². The van der Waals surface area contributed by atoms with Crippen LogP contribution in [0, 0.1) is 0 Å². The molecule has 1 aromatic heterocycles. The van der Waals surface area contributed by atoms with Gasteiger partial charge in [0, 0.05) is 10.6 Å². The maximum Gasteiger partial charge on any atom is 0.271 e. The van der Waals surface area contributed by atoms with Crippen LogP contribution in [0.3, 0.4) is 0 Å². The van der Waals surface area contributed by atoms with Crippen LogP contribution in [0.15, 0.2) is 94.2 Å². The highest BCUT2D eigenvalue weighted by Crippen LogP contribution is 2.41. The monoisotopic (exact) mass is 454 g/mol. The Kier molecular flexibility index (Phi) is 4.71. The van der Waals surface area contributed by atoms with E-state index in [1.54, 1.807) is 0 Å². The number of aryl methyl sites for hydroxylation is 1. The van der Waals surface area contributed by atoms with Crippen molar-refractivity contribution in [2.75, 3.05) is 0 Å². The zero-order valence-corrected chi connectivity index (χ0v) is 18.7. The molecule has 1 atom stereocenters. The van der Waals surface area contributed by atoms with E-state index in [1.807, 2.05) is 53.1 Å². The molecule has 1 aliphatic carbocycles. The van der Waals surface area contributed by atoms with Crippen molar-refractivity contribution in [3.05, 3.63) is 131 Å². The van der Waals surface area contributed by atoms with Gasteiger partial charge in [-0.2, -0.15) is 0 Å². The number of aromatic nitrogens is 1. The predicted octanol–water partition coefficient (Wildman–Crippen LogP) is 4.97. The molecule has 5 heteroatoms. The SMILES string of the molecule is O=c1/c(=C\c2ccc(Cl)cc2)sc2n1[C@@H](c1ccccc1)C1=C(N=2)c2ccccc2CC1. The van der Waals surface area contributed by atoms with E-state index >= 15 is 0 Å². The number of halogens is 1. The van der Waals surface area contributed by atoms with E-state index in [4.69, 9.17) is 16.6 Å². The summed E-state index contributed by atoms with van der Waals surface area (Å²) in [5.74, 6) is 0. The first-order chi connectivity index (χ1) is 15.7. The average molecular weight is 455 g/mol. The summed E-state index contributed by atoms with van der Waals surface area (Å²) in [6, 6.07) is 26.2. The van der Waals surface area contributed by atoms with Gasteiger partial charge in [-0.3, -0.25) is 9.36 Å². The highest BCUT2D eigenvalue weighted by molar-refractivity contribution is 7.07. The molecule has 0 saturated carbocycles. The number of benzene rings is 3. The highest BCUT2D eigenvalue weighted by atomic mass is 35.5. The molecular weight excluding hydrogens is 436 g/mol. The molecule has 2 aliphatic rings. The van der Waals surface area contributed by atoms with Crippen molar-refractivity contribution in [2.45, 2.75) is 18.9 Å². The van der Waals surface area contributed by atoms with Crippen LogP contribution >= 0.6 is 22.9 Å². The summed E-state index contributed by atoms with van der Waals surface area (Å²) in [6.45, 7) is 0. The number of nitrogens with zero attached hydrogens (tertiary/aromatic N) is 2. The van der Waals surface area contributed by atoms with Crippen molar-refractivity contribution >= 4 is 34.7 Å². The predicted molar refractivity (Wildman–Crippen MR) is 131 cm³/mol. The first-order valence-corrected chi connectivity index (χ1v) is 11.8. The lowest BCUT2D eigenvalue weighted by Crippen LogP contribution is -2.38. The molecule has 0 radical (unpaired) electrons. The summed E-state index contributed by atoms with van der Waals surface area (Å²) >= 11 is 7.48. The Morgan fingerprint density at radius 1 is 0.938 bits per heavy atom. The van der Waals surface area contributed by atoms with Crippen LogP contribution in [-0.4, -0.2) is 4.57 Å². The maximum atomic E-state index is 13.6. The molecule has 0 saturated heterocycles. The first kappa shape index (κ1) is 19.5. The minimum Gasteiger partial charge on any atom is -0.272 e. The lowest BCUT2D eigenvalue weighted by molar-refractivity contribution is 0.585. The van der Waals surface area contributed by atoms with Crippen LogP contribution in [0.25, 0.3) is 11.8 Å². The molecule has 3 nitrogen and oxygen atoms in total. The van der Waals surface area contributed by atoms with Gasteiger partial charge in [0.1, 0.15) is 0 Å². The number of rotatable bonds is 2. The number of hydrogen-bond acceptors (Lipinski definition) is 3. The van der Waals surface area contributed by atoms with Crippen molar-refractivity contribution in [1.82, 2.24) is 4.57 Å². The maximum absolute atomic E-state index is 13.6. The Hall–Kier alpha value is -3.21. The van der Waals surface area contributed by atoms with Crippen LogP contribution in [0.4, 0.5) is 0 Å². The van der Waals surface area contributed by atoms with Crippen molar-refractivity contribution in [2.24, 2.45) is 4.99 Å². The number of allylic oxidation sites excluding steroid dienone is 1. The molecule has 1 aliphatic heterocycles. The third-order valence-corrected chi connectivity index (χ3v) is 7.39. The van der Waals surface area contributed by atoms with Gasteiger partial charge in [0.15, 0.2) is 4.80 Å². The van der Waals surface area contributed by atoms with Crippen molar-refractivity contribution in [3.63, 3.8) is 0 Å². The van der Waals surface area contributed by atoms with E-state index in [-0.39, 0.29) is 11.6 Å². The van der Waals surface area contributed by atoms with E-state index in [2.05, 4.69) is 36.4 Å². The second-order valence-corrected chi connectivity index (χ2v) is 9.52. The fourth-order valence-corrected chi connectivity index (χ4v) is 5.80. The third kappa shape index (κ3) is 3.19. The summed E-state index contributed by atoms with van der Waals surface area (Å²) in [5, 5.41) is 0.680. The number of fused-ring (bicyclic) bond motifs is 3. The molecular formula is C27H19ClN2OS. The molecule has 3 aromatic carbocycles. The highest BCUT2D eigenvalue weighted by Gasteiger charge is 2.32. The van der Waals surface area contributed by atoms with Crippen LogP contribution in [-0.2, 0) is 6.42 Å². The lowest BCUT2D eigenvalue weighted by Gasteiger charge is -2.30.